The third-order valence-electron chi connectivity index (χ3n) is 5.21. The van der Waals surface area contributed by atoms with Crippen LogP contribution in [0.1, 0.15) is 32.8 Å². The molecule has 0 unspecified atom stereocenters. The lowest BCUT2D eigenvalue weighted by atomic mass is 10.0. The van der Waals surface area contributed by atoms with E-state index in [0.29, 0.717) is 19.8 Å². The van der Waals surface area contributed by atoms with E-state index in [1.54, 1.807) is 0 Å². The molecule has 3 rings (SSSR count). The molecular weight excluding hydrogens is 330 g/mol. The molecule has 26 heavy (non-hydrogen) atoms. The third kappa shape index (κ3) is 5.11. The molecular formula is C20H31N3O3. The number of nitrogens with zero attached hydrogens (tertiary/aromatic N) is 2. The highest BCUT2D eigenvalue weighted by Gasteiger charge is 2.23. The Hall–Kier alpha value is -1.79. The molecule has 6 heteroatoms. The number of fused-ring (bicyclic) bond motifs is 1. The van der Waals surface area contributed by atoms with Gasteiger partial charge in [0, 0.05) is 38.3 Å². The average Bonchev–Trinajstić information content (AvgIpc) is 2.63. The second-order valence-electron chi connectivity index (χ2n) is 7.82. The SMILES string of the molecule is CCC(C)(C)NC(=O)CN1CCN(Cc2ccc3c(c2)OCCO3)CC1. The van der Waals surface area contributed by atoms with Crippen molar-refractivity contribution in [3.8, 4) is 11.5 Å². The Morgan fingerprint density at radius 1 is 1.08 bits per heavy atom. The molecule has 1 saturated heterocycles. The molecule has 0 aromatic heterocycles. The Labute approximate surface area is 156 Å². The molecule has 0 atom stereocenters. The predicted octanol–water partition coefficient (Wildman–Crippen LogP) is 1.88. The van der Waals surface area contributed by atoms with Crippen molar-refractivity contribution >= 4 is 5.91 Å². The summed E-state index contributed by atoms with van der Waals surface area (Å²) in [5.74, 6) is 1.81. The maximum Gasteiger partial charge on any atom is 0.234 e. The fraction of sp³-hybridized carbons (Fsp3) is 0.650. The summed E-state index contributed by atoms with van der Waals surface area (Å²) in [7, 11) is 0. The summed E-state index contributed by atoms with van der Waals surface area (Å²) in [6.45, 7) is 12.6. The van der Waals surface area contributed by atoms with Crippen LogP contribution in [0.4, 0.5) is 0 Å². The molecule has 0 aliphatic carbocycles. The van der Waals surface area contributed by atoms with E-state index in [1.165, 1.54) is 5.56 Å². The van der Waals surface area contributed by atoms with E-state index < -0.39 is 0 Å². The Morgan fingerprint density at radius 2 is 1.73 bits per heavy atom. The topological polar surface area (TPSA) is 54.0 Å². The van der Waals surface area contributed by atoms with Crippen molar-refractivity contribution in [1.29, 1.82) is 0 Å². The van der Waals surface area contributed by atoms with Crippen molar-refractivity contribution in [2.45, 2.75) is 39.3 Å². The number of piperazine rings is 1. The van der Waals surface area contributed by atoms with Crippen LogP contribution in [0.2, 0.25) is 0 Å². The number of nitrogens with one attached hydrogen (secondary N) is 1. The second kappa shape index (κ2) is 8.27. The van der Waals surface area contributed by atoms with Gasteiger partial charge in [0.2, 0.25) is 5.91 Å². The highest BCUT2D eigenvalue weighted by Crippen LogP contribution is 2.31. The second-order valence-corrected chi connectivity index (χ2v) is 7.82. The normalized spacial score (nSPS) is 18.6. The summed E-state index contributed by atoms with van der Waals surface area (Å²) >= 11 is 0. The van der Waals surface area contributed by atoms with E-state index in [0.717, 1.165) is 50.6 Å². The van der Waals surface area contributed by atoms with Gasteiger partial charge in [-0.15, -0.1) is 0 Å². The molecule has 0 saturated carbocycles. The molecule has 144 valence electrons. The summed E-state index contributed by atoms with van der Waals surface area (Å²) in [6, 6.07) is 6.20. The van der Waals surface area contributed by atoms with Gasteiger partial charge in [-0.05, 0) is 38.0 Å². The van der Waals surface area contributed by atoms with Crippen LogP contribution >= 0.6 is 0 Å². The Balaban J connectivity index is 1.44. The summed E-state index contributed by atoms with van der Waals surface area (Å²) in [5.41, 5.74) is 1.11. The minimum atomic E-state index is -0.128. The standard InChI is InChI=1S/C20H31N3O3/c1-4-20(2,3)21-19(24)15-23-9-7-22(8-10-23)14-16-5-6-17-18(13-16)26-12-11-25-17/h5-6,13H,4,7-12,14-15H2,1-3H3,(H,21,24). The first-order valence-corrected chi connectivity index (χ1v) is 9.59. The van der Waals surface area contributed by atoms with Crippen molar-refractivity contribution in [3.63, 3.8) is 0 Å². The molecule has 0 bridgehead atoms. The first-order chi connectivity index (χ1) is 12.4. The van der Waals surface area contributed by atoms with Crippen LogP contribution in [0.25, 0.3) is 0 Å². The number of amides is 1. The molecule has 2 heterocycles. The van der Waals surface area contributed by atoms with Crippen molar-refractivity contribution in [3.05, 3.63) is 23.8 Å². The summed E-state index contributed by atoms with van der Waals surface area (Å²) in [5, 5.41) is 3.11. The van der Waals surface area contributed by atoms with E-state index >= 15 is 0 Å². The molecule has 1 amide bonds. The van der Waals surface area contributed by atoms with Crippen LogP contribution in [0.15, 0.2) is 18.2 Å². The van der Waals surface area contributed by atoms with Gasteiger partial charge < -0.3 is 14.8 Å². The smallest absolute Gasteiger partial charge is 0.234 e. The largest absolute Gasteiger partial charge is 0.486 e. The van der Waals surface area contributed by atoms with Crippen LogP contribution in [0, 0.1) is 0 Å². The Kier molecular flexibility index (Phi) is 6.04. The van der Waals surface area contributed by atoms with Crippen LogP contribution in [-0.4, -0.2) is 67.2 Å². The summed E-state index contributed by atoms with van der Waals surface area (Å²) in [6.07, 6.45) is 0.933. The molecule has 2 aliphatic heterocycles. The lowest BCUT2D eigenvalue weighted by Crippen LogP contribution is -2.52. The summed E-state index contributed by atoms with van der Waals surface area (Å²) in [4.78, 5) is 16.9. The number of carbonyl (C=O) groups is 1. The van der Waals surface area contributed by atoms with Gasteiger partial charge in [-0.3, -0.25) is 14.6 Å². The van der Waals surface area contributed by atoms with Gasteiger partial charge in [0.05, 0.1) is 6.54 Å². The number of hydrogen-bond donors (Lipinski definition) is 1. The lowest BCUT2D eigenvalue weighted by Gasteiger charge is -2.35. The zero-order valence-electron chi connectivity index (χ0n) is 16.2. The number of ether oxygens (including phenoxy) is 2. The maximum absolute atomic E-state index is 12.2. The first kappa shape index (κ1) is 19.0. The van der Waals surface area contributed by atoms with Crippen LogP contribution in [0.3, 0.4) is 0 Å². The molecule has 6 nitrogen and oxygen atoms in total. The zero-order chi connectivity index (χ0) is 18.6. The van der Waals surface area contributed by atoms with Crippen molar-refractivity contribution < 1.29 is 14.3 Å². The van der Waals surface area contributed by atoms with Crippen LogP contribution < -0.4 is 14.8 Å². The van der Waals surface area contributed by atoms with Crippen molar-refractivity contribution in [2.75, 3.05) is 45.9 Å². The minimum absolute atomic E-state index is 0.122. The number of rotatable bonds is 6. The molecule has 1 aromatic rings. The van der Waals surface area contributed by atoms with Gasteiger partial charge in [-0.25, -0.2) is 0 Å². The molecule has 1 aromatic carbocycles. The average molecular weight is 361 g/mol. The van der Waals surface area contributed by atoms with E-state index in [4.69, 9.17) is 9.47 Å². The fourth-order valence-electron chi connectivity index (χ4n) is 3.26. The molecule has 1 N–H and O–H groups in total. The predicted molar refractivity (Wildman–Crippen MR) is 102 cm³/mol. The van der Waals surface area contributed by atoms with E-state index in [1.807, 2.05) is 6.07 Å². The lowest BCUT2D eigenvalue weighted by molar-refractivity contribution is -0.124. The quantitative estimate of drug-likeness (QED) is 0.838. The number of hydrogen-bond acceptors (Lipinski definition) is 5. The number of carbonyl (C=O) groups excluding carboxylic acids is 1. The van der Waals surface area contributed by atoms with E-state index in [-0.39, 0.29) is 11.4 Å². The number of benzene rings is 1. The van der Waals surface area contributed by atoms with Crippen molar-refractivity contribution in [2.24, 2.45) is 0 Å². The zero-order valence-corrected chi connectivity index (χ0v) is 16.2. The van der Waals surface area contributed by atoms with E-state index in [9.17, 15) is 4.79 Å². The Bertz CT molecular complexity index is 625. The fourth-order valence-corrected chi connectivity index (χ4v) is 3.26. The van der Waals surface area contributed by atoms with Crippen LogP contribution in [0.5, 0.6) is 11.5 Å². The molecule has 2 aliphatic rings. The minimum Gasteiger partial charge on any atom is -0.486 e. The molecule has 0 radical (unpaired) electrons. The molecule has 0 spiro atoms. The monoisotopic (exact) mass is 361 g/mol. The van der Waals surface area contributed by atoms with E-state index in [2.05, 4.69) is 48.0 Å². The third-order valence-corrected chi connectivity index (χ3v) is 5.21. The summed E-state index contributed by atoms with van der Waals surface area (Å²) < 4.78 is 11.2. The molecule has 1 fully saturated rings. The van der Waals surface area contributed by atoms with Crippen LogP contribution in [-0.2, 0) is 11.3 Å². The van der Waals surface area contributed by atoms with Gasteiger partial charge in [0.25, 0.3) is 0 Å². The Morgan fingerprint density at radius 3 is 2.42 bits per heavy atom. The maximum atomic E-state index is 12.2. The highest BCUT2D eigenvalue weighted by atomic mass is 16.6. The highest BCUT2D eigenvalue weighted by molar-refractivity contribution is 5.78. The van der Waals surface area contributed by atoms with Gasteiger partial charge in [0.1, 0.15) is 13.2 Å². The van der Waals surface area contributed by atoms with Gasteiger partial charge >= 0.3 is 0 Å². The van der Waals surface area contributed by atoms with Crippen molar-refractivity contribution in [1.82, 2.24) is 15.1 Å². The van der Waals surface area contributed by atoms with Gasteiger partial charge in [-0.1, -0.05) is 13.0 Å². The van der Waals surface area contributed by atoms with Gasteiger partial charge in [-0.2, -0.15) is 0 Å². The van der Waals surface area contributed by atoms with Gasteiger partial charge in [0.15, 0.2) is 11.5 Å². The first-order valence-electron chi connectivity index (χ1n) is 9.59.